The highest BCUT2D eigenvalue weighted by Gasteiger charge is 2.12. The van der Waals surface area contributed by atoms with Crippen LogP contribution in [-0.2, 0) is 17.0 Å². The molecule has 0 spiro atoms. The van der Waals surface area contributed by atoms with Crippen LogP contribution in [0.3, 0.4) is 0 Å². The Morgan fingerprint density at radius 1 is 1.11 bits per heavy atom. The second-order valence-corrected chi connectivity index (χ2v) is 7.14. The van der Waals surface area contributed by atoms with Crippen molar-refractivity contribution in [2.45, 2.75) is 23.9 Å². The number of hydrogen-bond donors (Lipinski definition) is 0. The number of nitrogens with zero attached hydrogens (tertiary/aromatic N) is 4. The van der Waals surface area contributed by atoms with Crippen LogP contribution in [0.15, 0.2) is 64.8 Å². The average molecular weight is 380 g/mol. The summed E-state index contributed by atoms with van der Waals surface area (Å²) < 4.78 is 8.89. The molecule has 0 aliphatic carbocycles. The van der Waals surface area contributed by atoms with Crippen LogP contribution in [0, 0.1) is 0 Å². The third-order valence-electron chi connectivity index (χ3n) is 4.32. The Labute approximate surface area is 160 Å². The maximum atomic E-state index is 12.9. The van der Waals surface area contributed by atoms with Gasteiger partial charge in [-0.2, -0.15) is 0 Å². The van der Waals surface area contributed by atoms with E-state index >= 15 is 0 Å². The summed E-state index contributed by atoms with van der Waals surface area (Å²) in [6.45, 7) is 1.19. The van der Waals surface area contributed by atoms with Crippen molar-refractivity contribution in [3.05, 3.63) is 70.9 Å². The van der Waals surface area contributed by atoms with Crippen LogP contribution < -0.4 is 5.56 Å². The molecule has 0 saturated heterocycles. The Bertz CT molecular complexity index is 1100. The van der Waals surface area contributed by atoms with E-state index in [1.54, 1.807) is 11.7 Å². The summed E-state index contributed by atoms with van der Waals surface area (Å²) in [6, 6.07) is 13.4. The molecule has 0 atom stereocenters. The van der Waals surface area contributed by atoms with Gasteiger partial charge in [0.05, 0.1) is 16.6 Å². The van der Waals surface area contributed by atoms with Gasteiger partial charge in [0.2, 0.25) is 0 Å². The topological polar surface area (TPSA) is 61.4 Å². The van der Waals surface area contributed by atoms with Gasteiger partial charge >= 0.3 is 0 Å². The molecule has 4 aromatic rings. The highest BCUT2D eigenvalue weighted by Crippen LogP contribution is 2.22. The van der Waals surface area contributed by atoms with E-state index in [9.17, 15) is 4.79 Å². The van der Waals surface area contributed by atoms with E-state index in [0.29, 0.717) is 29.4 Å². The number of hydrogen-bond acceptors (Lipinski definition) is 5. The Balaban J connectivity index is 1.65. The van der Waals surface area contributed by atoms with Crippen LogP contribution >= 0.6 is 11.8 Å². The Morgan fingerprint density at radius 2 is 1.96 bits per heavy atom. The first-order valence-electron chi connectivity index (χ1n) is 8.80. The molecule has 0 bridgehead atoms. The number of aromatic nitrogens is 4. The highest BCUT2D eigenvalue weighted by molar-refractivity contribution is 7.98. The largest absolute Gasteiger partial charge is 0.385 e. The zero-order chi connectivity index (χ0) is 18.6. The Morgan fingerprint density at radius 3 is 2.81 bits per heavy atom. The number of fused-ring (bicyclic) bond motifs is 2. The Kier molecular flexibility index (Phi) is 5.22. The molecule has 0 radical (unpaired) electrons. The third kappa shape index (κ3) is 3.74. The molecule has 3 heterocycles. The molecule has 0 amide bonds. The van der Waals surface area contributed by atoms with Gasteiger partial charge in [-0.25, -0.2) is 9.97 Å². The van der Waals surface area contributed by atoms with Crippen LogP contribution in [0.25, 0.3) is 16.6 Å². The number of pyridine rings is 1. The molecule has 27 heavy (non-hydrogen) atoms. The van der Waals surface area contributed by atoms with Crippen LogP contribution in [0.1, 0.15) is 12.1 Å². The molecule has 3 aromatic heterocycles. The van der Waals surface area contributed by atoms with Crippen molar-refractivity contribution in [1.82, 2.24) is 18.9 Å². The molecule has 0 N–H and O–H groups in total. The van der Waals surface area contributed by atoms with Crippen molar-refractivity contribution >= 4 is 28.3 Å². The van der Waals surface area contributed by atoms with Gasteiger partial charge < -0.3 is 9.14 Å². The summed E-state index contributed by atoms with van der Waals surface area (Å²) in [5, 5.41) is 1.36. The maximum absolute atomic E-state index is 12.9. The van der Waals surface area contributed by atoms with Gasteiger partial charge in [0, 0.05) is 38.4 Å². The summed E-state index contributed by atoms with van der Waals surface area (Å²) in [6.07, 6.45) is 4.75. The highest BCUT2D eigenvalue weighted by atomic mass is 32.2. The number of ether oxygens (including phenoxy) is 1. The van der Waals surface area contributed by atoms with E-state index in [4.69, 9.17) is 9.72 Å². The number of imidazole rings is 1. The van der Waals surface area contributed by atoms with Gasteiger partial charge in [0.25, 0.3) is 5.56 Å². The predicted molar refractivity (Wildman–Crippen MR) is 107 cm³/mol. The maximum Gasteiger partial charge on any atom is 0.262 e. The van der Waals surface area contributed by atoms with Crippen molar-refractivity contribution in [2.24, 2.45) is 0 Å². The van der Waals surface area contributed by atoms with Gasteiger partial charge in [-0.05, 0) is 30.7 Å². The summed E-state index contributed by atoms with van der Waals surface area (Å²) >= 11 is 1.54. The lowest BCUT2D eigenvalue weighted by atomic mass is 10.2. The zero-order valence-corrected chi connectivity index (χ0v) is 15.9. The fraction of sp³-hybridized carbons (Fsp3) is 0.250. The number of thioether (sulfide) groups is 1. The fourth-order valence-corrected chi connectivity index (χ4v) is 3.93. The summed E-state index contributed by atoms with van der Waals surface area (Å²) in [4.78, 5) is 22.3. The molecular weight excluding hydrogens is 360 g/mol. The summed E-state index contributed by atoms with van der Waals surface area (Å²) in [5.74, 6) is 0.650. The fourth-order valence-electron chi connectivity index (χ4n) is 3.02. The van der Waals surface area contributed by atoms with E-state index < -0.39 is 0 Å². The monoisotopic (exact) mass is 380 g/mol. The number of benzene rings is 1. The third-order valence-corrected chi connectivity index (χ3v) is 5.33. The molecule has 0 aliphatic rings. The van der Waals surface area contributed by atoms with Gasteiger partial charge in [-0.15, -0.1) is 0 Å². The quantitative estimate of drug-likeness (QED) is 0.279. The van der Waals surface area contributed by atoms with Crippen molar-refractivity contribution in [3.8, 4) is 0 Å². The minimum atomic E-state index is -0.00537. The smallest absolute Gasteiger partial charge is 0.262 e. The number of para-hydroxylation sites is 1. The lowest BCUT2D eigenvalue weighted by Crippen LogP contribution is -2.24. The average Bonchev–Trinajstić information content (AvgIpc) is 3.11. The van der Waals surface area contributed by atoms with E-state index in [-0.39, 0.29) is 5.56 Å². The first kappa shape index (κ1) is 17.8. The van der Waals surface area contributed by atoms with Crippen LogP contribution in [0.2, 0.25) is 0 Å². The molecule has 0 saturated carbocycles. The van der Waals surface area contributed by atoms with E-state index in [1.165, 1.54) is 11.8 Å². The van der Waals surface area contributed by atoms with Crippen LogP contribution in [0.4, 0.5) is 0 Å². The minimum Gasteiger partial charge on any atom is -0.385 e. The van der Waals surface area contributed by atoms with Crippen LogP contribution in [0.5, 0.6) is 0 Å². The first-order chi connectivity index (χ1) is 13.3. The van der Waals surface area contributed by atoms with E-state index in [2.05, 4.69) is 4.98 Å². The molecule has 7 heteroatoms. The normalized spacial score (nSPS) is 11.4. The van der Waals surface area contributed by atoms with Crippen molar-refractivity contribution < 1.29 is 4.74 Å². The van der Waals surface area contributed by atoms with Crippen molar-refractivity contribution in [2.75, 3.05) is 13.7 Å². The van der Waals surface area contributed by atoms with Gasteiger partial charge in [0.1, 0.15) is 5.65 Å². The molecule has 4 rings (SSSR count). The van der Waals surface area contributed by atoms with E-state index in [0.717, 1.165) is 23.3 Å². The van der Waals surface area contributed by atoms with Gasteiger partial charge in [-0.3, -0.25) is 9.36 Å². The molecule has 6 nitrogen and oxygen atoms in total. The first-order valence-corrected chi connectivity index (χ1v) is 9.79. The van der Waals surface area contributed by atoms with Gasteiger partial charge in [0.15, 0.2) is 5.16 Å². The lowest BCUT2D eigenvalue weighted by molar-refractivity contribution is 0.189. The van der Waals surface area contributed by atoms with E-state index in [1.807, 2.05) is 59.3 Å². The predicted octanol–water partition coefficient (Wildman–Crippen LogP) is 3.37. The number of rotatable bonds is 7. The molecule has 0 aliphatic heterocycles. The molecule has 138 valence electrons. The summed E-state index contributed by atoms with van der Waals surface area (Å²) in [5.41, 5.74) is 2.59. The van der Waals surface area contributed by atoms with Crippen molar-refractivity contribution in [3.63, 3.8) is 0 Å². The zero-order valence-electron chi connectivity index (χ0n) is 15.0. The standard InChI is InChI=1S/C20H20N4O2S/c1-26-12-6-11-24-19(25)16-7-2-3-8-17(16)22-20(24)27-14-15-13-23-10-5-4-9-18(23)21-15/h2-5,7-10,13H,6,11-12,14H2,1H3. The van der Waals surface area contributed by atoms with Gasteiger partial charge in [-0.1, -0.05) is 30.0 Å². The second kappa shape index (κ2) is 7.94. The lowest BCUT2D eigenvalue weighted by Gasteiger charge is -2.12. The second-order valence-electron chi connectivity index (χ2n) is 6.20. The molecule has 1 aromatic carbocycles. The van der Waals surface area contributed by atoms with Crippen molar-refractivity contribution in [1.29, 1.82) is 0 Å². The summed E-state index contributed by atoms with van der Waals surface area (Å²) in [7, 11) is 1.67. The molecule has 0 unspecified atom stereocenters. The molecular formula is C20H20N4O2S. The minimum absolute atomic E-state index is 0.00537. The number of methoxy groups -OCH3 is 1. The Hall–Kier alpha value is -2.64. The van der Waals surface area contributed by atoms with Crippen LogP contribution in [-0.4, -0.2) is 32.7 Å². The SMILES string of the molecule is COCCCn1c(SCc2cn3ccccc3n2)nc2ccccc2c1=O. The molecule has 0 fully saturated rings.